The smallest absolute Gasteiger partial charge is 0.333 e. The molecule has 0 bridgehead atoms. The van der Waals surface area contributed by atoms with Crippen molar-refractivity contribution in [2.75, 3.05) is 0 Å². The molecule has 0 N–H and O–H groups in total. The molecule has 0 saturated heterocycles. The summed E-state index contributed by atoms with van der Waals surface area (Å²) < 4.78 is 4.98. The fourth-order valence-corrected chi connectivity index (χ4v) is 2.51. The molecule has 0 aromatic heterocycles. The Hall–Kier alpha value is 0.00688. The van der Waals surface area contributed by atoms with E-state index in [-0.39, 0.29) is 5.73 Å². The first-order chi connectivity index (χ1) is 5.49. The van der Waals surface area contributed by atoms with Crippen LogP contribution in [0.1, 0.15) is 20.3 Å². The molecule has 0 aromatic carbocycles. The molecule has 70 valence electrons. The van der Waals surface area contributed by atoms with Crippen LogP contribution in [0.4, 0.5) is 0 Å². The van der Waals surface area contributed by atoms with Crippen LogP contribution in [0.15, 0.2) is 12.2 Å². The van der Waals surface area contributed by atoms with Crippen LogP contribution in [0.5, 0.6) is 0 Å². The zero-order valence-corrected chi connectivity index (χ0v) is 9.81. The first-order valence-electron chi connectivity index (χ1n) is 3.63. The average Bonchev–Trinajstić information content (AvgIpc) is 1.98. The summed E-state index contributed by atoms with van der Waals surface area (Å²) in [6, 6.07) is 0. The van der Waals surface area contributed by atoms with Crippen LogP contribution in [0, 0.1) is 0 Å². The number of carbonyl (C=O) groups is 1. The van der Waals surface area contributed by atoms with Gasteiger partial charge < -0.3 is 4.74 Å². The predicted octanol–water partition coefficient (Wildman–Crippen LogP) is 2.12. The van der Waals surface area contributed by atoms with Crippen LogP contribution in [-0.4, -0.2) is 19.1 Å². The molecule has 0 aliphatic carbocycles. The van der Waals surface area contributed by atoms with Crippen molar-refractivity contribution in [1.29, 1.82) is 0 Å². The second kappa shape index (κ2) is 5.62. The Kier molecular flexibility index (Phi) is 5.62. The number of rotatable bonds is 4. The molecule has 2 nitrogen and oxygen atoms in total. The van der Waals surface area contributed by atoms with E-state index in [1.807, 2.05) is 6.92 Å². The van der Waals surface area contributed by atoms with Crippen molar-refractivity contribution in [3.8, 4) is 0 Å². The molecule has 0 radical (unpaired) electrons. The Morgan fingerprint density at radius 2 is 2.17 bits per heavy atom. The number of hydrogen-bond acceptors (Lipinski definition) is 2. The maximum absolute atomic E-state index is 11.0. The number of halogens is 2. The Morgan fingerprint density at radius 1 is 1.67 bits per heavy atom. The van der Waals surface area contributed by atoms with Gasteiger partial charge in [0.1, 0.15) is 5.73 Å². The third kappa shape index (κ3) is 4.14. The lowest BCUT2D eigenvalue weighted by molar-refractivity contribution is -0.140. The van der Waals surface area contributed by atoms with Gasteiger partial charge >= 0.3 is 5.97 Å². The number of hydrogen-bond donors (Lipinski definition) is 0. The van der Waals surface area contributed by atoms with Crippen LogP contribution in [0.2, 0.25) is 0 Å². The van der Waals surface area contributed by atoms with E-state index < -0.39 is 13.4 Å². The van der Waals surface area contributed by atoms with E-state index in [1.54, 1.807) is 6.92 Å². The fraction of sp³-hybridized carbons (Fsp3) is 0.571. The average molecular weight is 227 g/mol. The second-order valence-corrected chi connectivity index (χ2v) is 7.37. The van der Waals surface area contributed by atoms with E-state index in [2.05, 4.69) is 6.58 Å². The molecular weight excluding hydrogens is 215 g/mol. The maximum atomic E-state index is 11.0. The van der Waals surface area contributed by atoms with Gasteiger partial charge in [0, 0.05) is 5.57 Å². The molecule has 0 spiro atoms. The Labute approximate surface area is 83.5 Å². The molecule has 0 heterocycles. The van der Waals surface area contributed by atoms with Crippen molar-refractivity contribution in [2.45, 2.75) is 26.0 Å². The maximum Gasteiger partial charge on any atom is 0.333 e. The molecule has 0 aliphatic heterocycles. The van der Waals surface area contributed by atoms with Crippen molar-refractivity contribution in [3.63, 3.8) is 0 Å². The minimum Gasteiger partial charge on any atom is -0.460 e. The van der Waals surface area contributed by atoms with E-state index in [4.69, 9.17) is 26.9 Å². The molecule has 0 aromatic rings. The van der Waals surface area contributed by atoms with Crippen molar-refractivity contribution in [1.82, 2.24) is 0 Å². The van der Waals surface area contributed by atoms with Crippen molar-refractivity contribution in [3.05, 3.63) is 12.2 Å². The van der Waals surface area contributed by atoms with E-state index in [9.17, 15) is 4.79 Å². The van der Waals surface area contributed by atoms with Gasteiger partial charge in [-0.2, -0.15) is 0 Å². The second-order valence-electron chi connectivity index (χ2n) is 2.47. The summed E-state index contributed by atoms with van der Waals surface area (Å²) in [4.78, 5) is 11.0. The van der Waals surface area contributed by atoms with Crippen molar-refractivity contribution < 1.29 is 9.53 Å². The fourth-order valence-electron chi connectivity index (χ4n) is 0.551. The third-order valence-electron chi connectivity index (χ3n) is 1.29. The summed E-state index contributed by atoms with van der Waals surface area (Å²) in [5.74, 6) is -0.416. The third-order valence-corrected chi connectivity index (χ3v) is 4.15. The number of carbonyl (C=O) groups excluding carboxylic acids is 1. The highest BCUT2D eigenvalue weighted by atomic mass is 35.7. The highest BCUT2D eigenvalue weighted by molar-refractivity contribution is 7.34. The lowest BCUT2D eigenvalue weighted by atomic mass is 10.4. The lowest BCUT2D eigenvalue weighted by Gasteiger charge is -2.15. The summed E-state index contributed by atoms with van der Waals surface area (Å²) in [5.41, 5.74) is 0.0639. The molecular formula is C7H12Cl2O2Si. The minimum absolute atomic E-state index is 0.308. The summed E-state index contributed by atoms with van der Waals surface area (Å²) in [7, 11) is -1.92. The van der Waals surface area contributed by atoms with Gasteiger partial charge in [0.2, 0.25) is 0 Å². The first-order valence-corrected chi connectivity index (χ1v) is 7.79. The zero-order valence-electron chi connectivity index (χ0n) is 7.14. The SMILES string of the molecule is C=C(C)C(=O)OC(CC)[SiH](Cl)Cl. The molecule has 0 rings (SSSR count). The van der Waals surface area contributed by atoms with E-state index in [1.165, 1.54) is 0 Å². The van der Waals surface area contributed by atoms with E-state index in [0.717, 1.165) is 0 Å². The van der Waals surface area contributed by atoms with Gasteiger partial charge in [-0.1, -0.05) is 13.5 Å². The predicted molar refractivity (Wildman–Crippen MR) is 53.8 cm³/mol. The van der Waals surface area contributed by atoms with Gasteiger partial charge in [-0.15, -0.1) is 22.2 Å². The highest BCUT2D eigenvalue weighted by Crippen LogP contribution is 2.12. The molecule has 5 heteroatoms. The summed E-state index contributed by atoms with van der Waals surface area (Å²) in [6.45, 7) is 6.92. The minimum atomic E-state index is -1.92. The van der Waals surface area contributed by atoms with E-state index >= 15 is 0 Å². The Bertz CT molecular complexity index is 182. The number of ether oxygens (including phenoxy) is 1. The highest BCUT2D eigenvalue weighted by Gasteiger charge is 2.21. The molecule has 0 aliphatic rings. The number of esters is 1. The van der Waals surface area contributed by atoms with Crippen LogP contribution >= 0.6 is 22.2 Å². The van der Waals surface area contributed by atoms with Crippen molar-refractivity contribution >= 4 is 35.5 Å². The molecule has 0 fully saturated rings. The molecule has 1 atom stereocenters. The normalized spacial score (nSPS) is 12.8. The van der Waals surface area contributed by atoms with Crippen LogP contribution in [0.25, 0.3) is 0 Å². The first kappa shape index (κ1) is 12.0. The van der Waals surface area contributed by atoms with Crippen LogP contribution < -0.4 is 0 Å². The Morgan fingerprint density at radius 3 is 2.42 bits per heavy atom. The monoisotopic (exact) mass is 226 g/mol. The van der Waals surface area contributed by atoms with Gasteiger partial charge in [0.05, 0.1) is 0 Å². The molecule has 1 unspecified atom stereocenters. The van der Waals surface area contributed by atoms with Gasteiger partial charge in [-0.3, -0.25) is 0 Å². The molecule has 0 saturated carbocycles. The Balaban J connectivity index is 4.03. The standard InChI is InChI=1S/C7H12Cl2O2Si/c1-4-6(12(8)9)11-7(10)5(2)3/h6,12H,2,4H2,1,3H3. The van der Waals surface area contributed by atoms with Crippen LogP contribution in [-0.2, 0) is 9.53 Å². The van der Waals surface area contributed by atoms with Gasteiger partial charge in [0.25, 0.3) is 7.42 Å². The lowest BCUT2D eigenvalue weighted by Crippen LogP contribution is -2.27. The van der Waals surface area contributed by atoms with Gasteiger partial charge in [0.15, 0.2) is 0 Å². The zero-order chi connectivity index (χ0) is 9.72. The van der Waals surface area contributed by atoms with Crippen molar-refractivity contribution in [2.24, 2.45) is 0 Å². The largest absolute Gasteiger partial charge is 0.460 e. The summed E-state index contributed by atoms with van der Waals surface area (Å²) in [5, 5.41) is 0. The van der Waals surface area contributed by atoms with Gasteiger partial charge in [-0.05, 0) is 13.3 Å². The summed E-state index contributed by atoms with van der Waals surface area (Å²) >= 11 is 11.4. The molecule has 12 heavy (non-hydrogen) atoms. The quantitative estimate of drug-likeness (QED) is 0.318. The summed E-state index contributed by atoms with van der Waals surface area (Å²) in [6.07, 6.45) is 0.656. The van der Waals surface area contributed by atoms with Crippen LogP contribution in [0.3, 0.4) is 0 Å². The van der Waals surface area contributed by atoms with Gasteiger partial charge in [-0.25, -0.2) is 4.79 Å². The van der Waals surface area contributed by atoms with E-state index in [0.29, 0.717) is 12.0 Å². The topological polar surface area (TPSA) is 26.3 Å². The molecule has 0 amide bonds.